The van der Waals surface area contributed by atoms with Crippen LogP contribution in [-0.2, 0) is 0 Å². The maximum atomic E-state index is 13.4. The molecule has 0 atom stereocenters. The van der Waals surface area contributed by atoms with Crippen LogP contribution in [-0.4, -0.2) is 19.5 Å². The second kappa shape index (κ2) is 5.17. The molecule has 2 rings (SSSR count). The van der Waals surface area contributed by atoms with Crippen LogP contribution in [0, 0.1) is 11.7 Å². The Kier molecular flexibility index (Phi) is 3.61. The number of para-hydroxylation sites is 1. The first kappa shape index (κ1) is 11.9. The molecule has 0 heterocycles. The molecule has 0 bridgehead atoms. The number of benzene rings is 1. The summed E-state index contributed by atoms with van der Waals surface area (Å²) in [5, 5.41) is 5.58. The second-order valence-corrected chi connectivity index (χ2v) is 4.42. The number of hydrogen-bond donors (Lipinski definition) is 2. The van der Waals surface area contributed by atoms with Gasteiger partial charge >= 0.3 is 0 Å². The van der Waals surface area contributed by atoms with Gasteiger partial charge in [-0.25, -0.2) is 4.39 Å². The van der Waals surface area contributed by atoms with Crippen molar-refractivity contribution in [1.29, 1.82) is 0 Å². The minimum absolute atomic E-state index is 0.208. The number of rotatable bonds is 4. The average Bonchev–Trinajstić information content (AvgIpc) is 2.26. The van der Waals surface area contributed by atoms with Crippen molar-refractivity contribution in [2.45, 2.75) is 19.3 Å². The van der Waals surface area contributed by atoms with Crippen LogP contribution < -0.4 is 10.6 Å². The summed E-state index contributed by atoms with van der Waals surface area (Å²) in [6, 6.07) is 4.52. The molecular weight excluding hydrogens is 219 g/mol. The van der Waals surface area contributed by atoms with Gasteiger partial charge in [0.15, 0.2) is 0 Å². The molecule has 17 heavy (non-hydrogen) atoms. The lowest BCUT2D eigenvalue weighted by atomic mass is 9.85. The normalized spacial score (nSPS) is 15.2. The lowest BCUT2D eigenvalue weighted by molar-refractivity contribution is 0.0939. The average molecular weight is 236 g/mol. The fourth-order valence-electron chi connectivity index (χ4n) is 2.00. The number of anilines is 1. The van der Waals surface area contributed by atoms with Gasteiger partial charge in [-0.1, -0.05) is 12.5 Å². The molecule has 1 aliphatic carbocycles. The van der Waals surface area contributed by atoms with E-state index in [1.54, 1.807) is 19.2 Å². The van der Waals surface area contributed by atoms with Gasteiger partial charge in [0.05, 0.1) is 11.3 Å². The van der Waals surface area contributed by atoms with Crippen molar-refractivity contribution in [2.24, 2.45) is 5.92 Å². The summed E-state index contributed by atoms with van der Waals surface area (Å²) in [6.45, 7) is 0.693. The van der Waals surface area contributed by atoms with E-state index < -0.39 is 5.82 Å². The summed E-state index contributed by atoms with van der Waals surface area (Å²) in [6.07, 6.45) is 3.62. The van der Waals surface area contributed by atoms with Crippen molar-refractivity contribution < 1.29 is 9.18 Å². The van der Waals surface area contributed by atoms with Crippen molar-refractivity contribution in [2.75, 3.05) is 18.9 Å². The van der Waals surface area contributed by atoms with Gasteiger partial charge in [-0.05, 0) is 30.9 Å². The van der Waals surface area contributed by atoms with Crippen LogP contribution in [0.3, 0.4) is 0 Å². The molecule has 0 radical (unpaired) electrons. The summed E-state index contributed by atoms with van der Waals surface area (Å²) in [7, 11) is 1.61. The molecule has 0 saturated heterocycles. The number of halogens is 1. The third-order valence-electron chi connectivity index (χ3n) is 3.28. The zero-order chi connectivity index (χ0) is 12.3. The minimum atomic E-state index is -0.399. The van der Waals surface area contributed by atoms with E-state index in [9.17, 15) is 9.18 Å². The first-order valence-electron chi connectivity index (χ1n) is 5.97. The highest BCUT2D eigenvalue weighted by atomic mass is 19.1. The molecular formula is C13H17FN2O. The summed E-state index contributed by atoms with van der Waals surface area (Å²) in [4.78, 5) is 11.9. The van der Waals surface area contributed by atoms with Crippen molar-refractivity contribution in [1.82, 2.24) is 5.32 Å². The van der Waals surface area contributed by atoms with E-state index in [2.05, 4.69) is 10.6 Å². The highest BCUT2D eigenvalue weighted by Gasteiger charge is 2.19. The Morgan fingerprint density at radius 2 is 2.24 bits per heavy atom. The maximum absolute atomic E-state index is 13.4. The topological polar surface area (TPSA) is 41.1 Å². The van der Waals surface area contributed by atoms with Gasteiger partial charge in [0.1, 0.15) is 5.82 Å². The van der Waals surface area contributed by atoms with Crippen LogP contribution in [0.5, 0.6) is 0 Å². The third kappa shape index (κ3) is 2.57. The van der Waals surface area contributed by atoms with Crippen molar-refractivity contribution in [3.8, 4) is 0 Å². The molecule has 1 amide bonds. The number of carbonyl (C=O) groups excluding carboxylic acids is 1. The van der Waals surface area contributed by atoms with Crippen LogP contribution >= 0.6 is 0 Å². The van der Waals surface area contributed by atoms with Crippen LogP contribution in [0.2, 0.25) is 0 Å². The van der Waals surface area contributed by atoms with Gasteiger partial charge in [-0.3, -0.25) is 4.79 Å². The SMILES string of the molecule is CNc1c(F)cccc1C(=O)NCC1CCC1. The van der Waals surface area contributed by atoms with E-state index in [0.29, 0.717) is 18.0 Å². The van der Waals surface area contributed by atoms with E-state index in [-0.39, 0.29) is 11.6 Å². The van der Waals surface area contributed by atoms with Gasteiger partial charge in [0, 0.05) is 13.6 Å². The molecule has 0 aliphatic heterocycles. The molecule has 4 heteroatoms. The summed E-state index contributed by atoms with van der Waals surface area (Å²) >= 11 is 0. The summed E-state index contributed by atoms with van der Waals surface area (Å²) < 4.78 is 13.4. The number of amides is 1. The first-order chi connectivity index (χ1) is 8.22. The largest absolute Gasteiger partial charge is 0.385 e. The highest BCUT2D eigenvalue weighted by molar-refractivity contribution is 5.99. The third-order valence-corrected chi connectivity index (χ3v) is 3.28. The van der Waals surface area contributed by atoms with Crippen LogP contribution in [0.25, 0.3) is 0 Å². The summed E-state index contributed by atoms with van der Waals surface area (Å²) in [5.74, 6) is -0.00455. The molecule has 0 unspecified atom stereocenters. The molecule has 1 fully saturated rings. The molecule has 1 aliphatic rings. The molecule has 0 aromatic heterocycles. The standard InChI is InChI=1S/C13H17FN2O/c1-15-12-10(6-3-7-11(12)14)13(17)16-8-9-4-2-5-9/h3,6-7,9,15H,2,4-5,8H2,1H3,(H,16,17). The summed E-state index contributed by atoms with van der Waals surface area (Å²) in [5.41, 5.74) is 0.630. The van der Waals surface area contributed by atoms with E-state index in [1.807, 2.05) is 0 Å². The van der Waals surface area contributed by atoms with Gasteiger partial charge < -0.3 is 10.6 Å². The maximum Gasteiger partial charge on any atom is 0.253 e. The lowest BCUT2D eigenvalue weighted by Crippen LogP contribution is -2.32. The van der Waals surface area contributed by atoms with Crippen LogP contribution in [0.4, 0.5) is 10.1 Å². The number of carbonyl (C=O) groups is 1. The van der Waals surface area contributed by atoms with E-state index in [0.717, 1.165) is 0 Å². The quantitative estimate of drug-likeness (QED) is 0.842. The number of nitrogens with one attached hydrogen (secondary N) is 2. The van der Waals surface area contributed by atoms with E-state index in [1.165, 1.54) is 25.3 Å². The van der Waals surface area contributed by atoms with Crippen molar-refractivity contribution in [3.63, 3.8) is 0 Å². The Balaban J connectivity index is 2.04. The Bertz CT molecular complexity index is 416. The van der Waals surface area contributed by atoms with Crippen molar-refractivity contribution in [3.05, 3.63) is 29.6 Å². The molecule has 2 N–H and O–H groups in total. The highest BCUT2D eigenvalue weighted by Crippen LogP contribution is 2.25. The Morgan fingerprint density at radius 1 is 1.47 bits per heavy atom. The molecule has 1 aromatic carbocycles. The first-order valence-corrected chi connectivity index (χ1v) is 5.97. The fourth-order valence-corrected chi connectivity index (χ4v) is 2.00. The van der Waals surface area contributed by atoms with Gasteiger partial charge in [-0.2, -0.15) is 0 Å². The number of hydrogen-bond acceptors (Lipinski definition) is 2. The van der Waals surface area contributed by atoms with Gasteiger partial charge in [-0.15, -0.1) is 0 Å². The Hall–Kier alpha value is -1.58. The predicted molar refractivity (Wildman–Crippen MR) is 65.6 cm³/mol. The lowest BCUT2D eigenvalue weighted by Gasteiger charge is -2.25. The molecule has 1 saturated carbocycles. The second-order valence-electron chi connectivity index (χ2n) is 4.42. The minimum Gasteiger partial charge on any atom is -0.385 e. The molecule has 1 aromatic rings. The van der Waals surface area contributed by atoms with E-state index in [4.69, 9.17) is 0 Å². The Morgan fingerprint density at radius 3 is 2.82 bits per heavy atom. The van der Waals surface area contributed by atoms with Crippen LogP contribution in [0.1, 0.15) is 29.6 Å². The Labute approximate surface area is 100 Å². The van der Waals surface area contributed by atoms with Crippen LogP contribution in [0.15, 0.2) is 18.2 Å². The fraction of sp³-hybridized carbons (Fsp3) is 0.462. The smallest absolute Gasteiger partial charge is 0.253 e. The van der Waals surface area contributed by atoms with E-state index >= 15 is 0 Å². The monoisotopic (exact) mass is 236 g/mol. The molecule has 3 nitrogen and oxygen atoms in total. The zero-order valence-corrected chi connectivity index (χ0v) is 9.92. The zero-order valence-electron chi connectivity index (χ0n) is 9.92. The van der Waals surface area contributed by atoms with Crippen molar-refractivity contribution >= 4 is 11.6 Å². The molecule has 92 valence electrons. The molecule has 0 spiro atoms. The predicted octanol–water partition coefficient (Wildman–Crippen LogP) is 2.40. The van der Waals surface area contributed by atoms with Gasteiger partial charge in [0.25, 0.3) is 5.91 Å². The van der Waals surface area contributed by atoms with Gasteiger partial charge in [0.2, 0.25) is 0 Å².